The first-order chi connectivity index (χ1) is 14.3. The first-order valence-electron chi connectivity index (χ1n) is 9.10. The summed E-state index contributed by atoms with van der Waals surface area (Å²) >= 11 is 0. The molecule has 3 rings (SSSR count). The normalized spacial score (nSPS) is 11.1. The molecule has 0 aliphatic rings. The second-order valence-electron chi connectivity index (χ2n) is 6.54. The maximum Gasteiger partial charge on any atom is 0.416 e. The molecule has 8 heteroatoms. The Kier molecular flexibility index (Phi) is 6.25. The molecule has 0 fully saturated rings. The standard InChI is InChI=1S/C22H20F3N3O2/c1-14-18(10-11-20(27-14)30-2)28-21(29)17-12-16(22(23,24)25)8-9-19(17)26-13-15-6-4-3-5-7-15/h3-12,26H,13H2,1-2H3,(H,28,29). The number of ether oxygens (including phenoxy) is 1. The van der Waals surface area contributed by atoms with Crippen molar-refractivity contribution in [2.45, 2.75) is 19.6 Å². The van der Waals surface area contributed by atoms with Gasteiger partial charge in [0.2, 0.25) is 5.88 Å². The van der Waals surface area contributed by atoms with Gasteiger partial charge in [-0.3, -0.25) is 4.79 Å². The van der Waals surface area contributed by atoms with Gasteiger partial charge >= 0.3 is 6.18 Å². The van der Waals surface area contributed by atoms with Gasteiger partial charge in [0.05, 0.1) is 29.6 Å². The predicted molar refractivity (Wildman–Crippen MR) is 109 cm³/mol. The van der Waals surface area contributed by atoms with Crippen molar-refractivity contribution in [1.82, 2.24) is 4.98 Å². The molecule has 0 aliphatic carbocycles. The van der Waals surface area contributed by atoms with Gasteiger partial charge in [0.15, 0.2) is 0 Å². The van der Waals surface area contributed by atoms with Crippen molar-refractivity contribution in [1.29, 1.82) is 0 Å². The number of nitrogens with one attached hydrogen (secondary N) is 2. The van der Waals surface area contributed by atoms with E-state index in [2.05, 4.69) is 15.6 Å². The molecule has 2 aromatic carbocycles. The highest BCUT2D eigenvalue weighted by molar-refractivity contribution is 6.08. The second-order valence-corrected chi connectivity index (χ2v) is 6.54. The summed E-state index contributed by atoms with van der Waals surface area (Å²) in [5.74, 6) is -0.304. The molecule has 5 nitrogen and oxygen atoms in total. The number of benzene rings is 2. The number of amides is 1. The third-order valence-electron chi connectivity index (χ3n) is 4.43. The highest BCUT2D eigenvalue weighted by Gasteiger charge is 2.32. The highest BCUT2D eigenvalue weighted by atomic mass is 19.4. The number of pyridine rings is 1. The van der Waals surface area contributed by atoms with Gasteiger partial charge in [-0.2, -0.15) is 13.2 Å². The van der Waals surface area contributed by atoms with E-state index in [1.54, 1.807) is 19.1 Å². The van der Waals surface area contributed by atoms with Gasteiger partial charge in [0, 0.05) is 18.3 Å². The first-order valence-corrected chi connectivity index (χ1v) is 9.10. The van der Waals surface area contributed by atoms with Gasteiger partial charge in [-0.25, -0.2) is 4.98 Å². The Balaban J connectivity index is 1.90. The van der Waals surface area contributed by atoms with Crippen molar-refractivity contribution in [2.75, 3.05) is 17.7 Å². The van der Waals surface area contributed by atoms with E-state index in [0.29, 0.717) is 29.5 Å². The van der Waals surface area contributed by atoms with E-state index in [-0.39, 0.29) is 5.56 Å². The molecular formula is C22H20F3N3O2. The first kappa shape index (κ1) is 21.2. The maximum absolute atomic E-state index is 13.2. The lowest BCUT2D eigenvalue weighted by atomic mass is 10.1. The number of alkyl halides is 3. The number of nitrogens with zero attached hydrogens (tertiary/aromatic N) is 1. The fourth-order valence-electron chi connectivity index (χ4n) is 2.83. The van der Waals surface area contributed by atoms with Crippen LogP contribution in [0.5, 0.6) is 5.88 Å². The van der Waals surface area contributed by atoms with Gasteiger partial charge < -0.3 is 15.4 Å². The minimum Gasteiger partial charge on any atom is -0.481 e. The lowest BCUT2D eigenvalue weighted by molar-refractivity contribution is -0.137. The molecule has 1 amide bonds. The molecule has 2 N–H and O–H groups in total. The van der Waals surface area contributed by atoms with Crippen LogP contribution in [-0.4, -0.2) is 18.0 Å². The number of carbonyl (C=O) groups is 1. The topological polar surface area (TPSA) is 63.2 Å². The van der Waals surface area contributed by atoms with Crippen LogP contribution in [0.1, 0.15) is 27.2 Å². The summed E-state index contributed by atoms with van der Waals surface area (Å²) in [6.07, 6.45) is -4.56. The highest BCUT2D eigenvalue weighted by Crippen LogP contribution is 2.32. The van der Waals surface area contributed by atoms with E-state index in [9.17, 15) is 18.0 Å². The predicted octanol–water partition coefficient (Wildman–Crippen LogP) is 5.28. The summed E-state index contributed by atoms with van der Waals surface area (Å²) in [6, 6.07) is 15.5. The summed E-state index contributed by atoms with van der Waals surface area (Å²) < 4.78 is 44.7. The largest absolute Gasteiger partial charge is 0.481 e. The number of rotatable bonds is 6. The lowest BCUT2D eigenvalue weighted by Gasteiger charge is -2.16. The number of aromatic nitrogens is 1. The van der Waals surface area contributed by atoms with Crippen molar-refractivity contribution in [3.8, 4) is 5.88 Å². The average molecular weight is 415 g/mol. The summed E-state index contributed by atoms with van der Waals surface area (Å²) in [5.41, 5.74) is 1.07. The smallest absolute Gasteiger partial charge is 0.416 e. The molecule has 0 aliphatic heterocycles. The van der Waals surface area contributed by atoms with Crippen LogP contribution in [0.4, 0.5) is 24.5 Å². The van der Waals surface area contributed by atoms with Crippen LogP contribution >= 0.6 is 0 Å². The SMILES string of the molecule is COc1ccc(NC(=O)c2cc(C(F)(F)F)ccc2NCc2ccccc2)c(C)n1. The van der Waals surface area contributed by atoms with Crippen molar-refractivity contribution < 1.29 is 22.7 Å². The molecule has 0 unspecified atom stereocenters. The third kappa shape index (κ3) is 5.08. The van der Waals surface area contributed by atoms with E-state index < -0.39 is 17.6 Å². The van der Waals surface area contributed by atoms with Crippen molar-refractivity contribution >= 4 is 17.3 Å². The second kappa shape index (κ2) is 8.86. The van der Waals surface area contributed by atoms with Gasteiger partial charge in [-0.15, -0.1) is 0 Å². The molecule has 1 heterocycles. The van der Waals surface area contributed by atoms with Gasteiger partial charge in [-0.1, -0.05) is 30.3 Å². The molecule has 156 valence electrons. The minimum atomic E-state index is -4.56. The van der Waals surface area contributed by atoms with Crippen LogP contribution in [0.15, 0.2) is 60.7 Å². The van der Waals surface area contributed by atoms with E-state index in [1.165, 1.54) is 13.2 Å². The van der Waals surface area contributed by atoms with Crippen LogP contribution in [-0.2, 0) is 12.7 Å². The zero-order chi connectivity index (χ0) is 21.7. The third-order valence-corrected chi connectivity index (χ3v) is 4.43. The molecule has 0 radical (unpaired) electrons. The molecule has 0 bridgehead atoms. The van der Waals surface area contributed by atoms with Gasteiger partial charge in [-0.05, 0) is 36.8 Å². The Hall–Kier alpha value is -3.55. The van der Waals surface area contributed by atoms with Crippen LogP contribution in [0.25, 0.3) is 0 Å². The number of carbonyl (C=O) groups excluding carboxylic acids is 1. The maximum atomic E-state index is 13.2. The molecule has 0 spiro atoms. The number of hydrogen-bond acceptors (Lipinski definition) is 4. The molecule has 1 aromatic heterocycles. The quantitative estimate of drug-likeness (QED) is 0.575. The van der Waals surface area contributed by atoms with Crippen molar-refractivity contribution in [3.05, 3.63) is 83.0 Å². The lowest BCUT2D eigenvalue weighted by Crippen LogP contribution is -2.17. The zero-order valence-corrected chi connectivity index (χ0v) is 16.4. The Morgan fingerprint density at radius 2 is 1.73 bits per heavy atom. The van der Waals surface area contributed by atoms with E-state index in [1.807, 2.05) is 30.3 Å². The van der Waals surface area contributed by atoms with Gasteiger partial charge in [0.1, 0.15) is 0 Å². The van der Waals surface area contributed by atoms with Crippen molar-refractivity contribution in [2.24, 2.45) is 0 Å². The summed E-state index contributed by atoms with van der Waals surface area (Å²) in [7, 11) is 1.47. The van der Waals surface area contributed by atoms with Crippen molar-refractivity contribution in [3.63, 3.8) is 0 Å². The van der Waals surface area contributed by atoms with E-state index in [4.69, 9.17) is 4.74 Å². The van der Waals surface area contributed by atoms with E-state index in [0.717, 1.165) is 17.7 Å². The monoisotopic (exact) mass is 415 g/mol. The number of hydrogen-bond donors (Lipinski definition) is 2. The van der Waals surface area contributed by atoms with Crippen LogP contribution in [0, 0.1) is 6.92 Å². The van der Waals surface area contributed by atoms with E-state index >= 15 is 0 Å². The van der Waals surface area contributed by atoms with Crippen LogP contribution in [0.2, 0.25) is 0 Å². The molecule has 0 atom stereocenters. The minimum absolute atomic E-state index is 0.115. The average Bonchev–Trinajstić information content (AvgIpc) is 2.73. The van der Waals surface area contributed by atoms with Gasteiger partial charge in [0.25, 0.3) is 5.91 Å². The summed E-state index contributed by atoms with van der Waals surface area (Å²) in [5, 5.41) is 5.67. The summed E-state index contributed by atoms with van der Waals surface area (Å²) in [6.45, 7) is 2.02. The Morgan fingerprint density at radius 1 is 1.03 bits per heavy atom. The Labute approximate surface area is 171 Å². The number of halogens is 3. The zero-order valence-electron chi connectivity index (χ0n) is 16.4. The fraction of sp³-hybridized carbons (Fsp3) is 0.182. The van der Waals surface area contributed by atoms with Crippen LogP contribution in [0.3, 0.4) is 0 Å². The number of anilines is 2. The molecular weight excluding hydrogens is 395 g/mol. The number of aryl methyl sites for hydroxylation is 1. The summed E-state index contributed by atoms with van der Waals surface area (Å²) in [4.78, 5) is 17.0. The fourth-order valence-corrected chi connectivity index (χ4v) is 2.83. The van der Waals surface area contributed by atoms with Crippen LogP contribution < -0.4 is 15.4 Å². The molecule has 3 aromatic rings. The number of methoxy groups -OCH3 is 1. The Bertz CT molecular complexity index is 1040. The Morgan fingerprint density at radius 3 is 2.37 bits per heavy atom. The molecule has 0 saturated heterocycles. The molecule has 0 saturated carbocycles. The molecule has 30 heavy (non-hydrogen) atoms.